The topological polar surface area (TPSA) is 87.4 Å². The van der Waals surface area contributed by atoms with E-state index >= 15 is 0 Å². The van der Waals surface area contributed by atoms with E-state index in [4.69, 9.17) is 5.11 Å². The van der Waals surface area contributed by atoms with Gasteiger partial charge in [-0.15, -0.1) is 0 Å². The SMILES string of the molecule is C[C@@H](CO)NC(=O)Nc1ccon1. The number of carbonyl (C=O) groups is 1. The minimum atomic E-state index is -0.421. The molecule has 0 saturated carbocycles. The fraction of sp³-hybridized carbons (Fsp3) is 0.429. The third-order valence-electron chi connectivity index (χ3n) is 1.33. The minimum absolute atomic E-state index is 0.105. The summed E-state index contributed by atoms with van der Waals surface area (Å²) >= 11 is 0. The van der Waals surface area contributed by atoms with E-state index in [-0.39, 0.29) is 12.6 Å². The van der Waals surface area contributed by atoms with Crippen LogP contribution in [0.3, 0.4) is 0 Å². The summed E-state index contributed by atoms with van der Waals surface area (Å²) in [5.41, 5.74) is 0. The fourth-order valence-corrected chi connectivity index (χ4v) is 0.699. The number of anilines is 1. The first kappa shape index (κ1) is 9.53. The maximum absolute atomic E-state index is 11.1. The Balaban J connectivity index is 2.34. The highest BCUT2D eigenvalue weighted by Crippen LogP contribution is 1.99. The average Bonchev–Trinajstić information content (AvgIpc) is 2.56. The zero-order valence-electron chi connectivity index (χ0n) is 7.15. The molecule has 6 nitrogen and oxygen atoms in total. The van der Waals surface area contributed by atoms with Gasteiger partial charge in [-0.1, -0.05) is 5.16 Å². The van der Waals surface area contributed by atoms with E-state index in [1.165, 1.54) is 12.3 Å². The Kier molecular flexibility index (Phi) is 3.27. The lowest BCUT2D eigenvalue weighted by molar-refractivity contribution is 0.229. The first-order valence-corrected chi connectivity index (χ1v) is 3.81. The Morgan fingerprint density at radius 3 is 3.15 bits per heavy atom. The van der Waals surface area contributed by atoms with Crippen LogP contribution in [0.2, 0.25) is 0 Å². The summed E-state index contributed by atoms with van der Waals surface area (Å²) in [6.45, 7) is 1.58. The van der Waals surface area contributed by atoms with Crippen molar-refractivity contribution in [1.82, 2.24) is 10.5 Å². The number of carbonyl (C=O) groups excluding carboxylic acids is 1. The second-order valence-electron chi connectivity index (χ2n) is 2.57. The number of rotatable bonds is 3. The van der Waals surface area contributed by atoms with Gasteiger partial charge in [-0.2, -0.15) is 0 Å². The third kappa shape index (κ3) is 3.12. The zero-order valence-corrected chi connectivity index (χ0v) is 7.15. The number of aromatic nitrogens is 1. The fourth-order valence-electron chi connectivity index (χ4n) is 0.699. The number of nitrogens with one attached hydrogen (secondary N) is 2. The van der Waals surface area contributed by atoms with Crippen molar-refractivity contribution in [3.8, 4) is 0 Å². The van der Waals surface area contributed by atoms with E-state index in [1.54, 1.807) is 6.92 Å². The predicted octanol–water partition coefficient (Wildman–Crippen LogP) is 0.177. The van der Waals surface area contributed by atoms with Crippen molar-refractivity contribution in [1.29, 1.82) is 0 Å². The Morgan fingerprint density at radius 2 is 2.62 bits per heavy atom. The van der Waals surface area contributed by atoms with Gasteiger partial charge in [0.05, 0.1) is 12.6 Å². The largest absolute Gasteiger partial charge is 0.394 e. The van der Waals surface area contributed by atoms with Gasteiger partial charge < -0.3 is 14.9 Å². The van der Waals surface area contributed by atoms with Crippen LogP contribution in [0.4, 0.5) is 10.6 Å². The van der Waals surface area contributed by atoms with Crippen molar-refractivity contribution in [2.45, 2.75) is 13.0 Å². The first-order chi connectivity index (χ1) is 6.22. The summed E-state index contributed by atoms with van der Waals surface area (Å²) in [5.74, 6) is 0.336. The molecule has 0 aliphatic rings. The molecule has 0 saturated heterocycles. The molecule has 72 valence electrons. The van der Waals surface area contributed by atoms with E-state index in [9.17, 15) is 4.79 Å². The zero-order chi connectivity index (χ0) is 9.68. The second kappa shape index (κ2) is 4.46. The minimum Gasteiger partial charge on any atom is -0.394 e. The third-order valence-corrected chi connectivity index (χ3v) is 1.33. The molecule has 0 aliphatic heterocycles. The molecule has 1 atom stereocenters. The van der Waals surface area contributed by atoms with E-state index in [0.717, 1.165) is 0 Å². The smallest absolute Gasteiger partial charge is 0.320 e. The maximum atomic E-state index is 11.1. The molecule has 13 heavy (non-hydrogen) atoms. The number of amides is 2. The molecule has 1 heterocycles. The molecule has 0 unspecified atom stereocenters. The number of hydrogen-bond acceptors (Lipinski definition) is 4. The summed E-state index contributed by atoms with van der Waals surface area (Å²) < 4.78 is 4.50. The highest BCUT2D eigenvalue weighted by molar-refractivity contribution is 5.88. The quantitative estimate of drug-likeness (QED) is 0.626. The maximum Gasteiger partial charge on any atom is 0.320 e. The molecule has 3 N–H and O–H groups in total. The molecule has 1 rings (SSSR count). The number of urea groups is 1. The van der Waals surface area contributed by atoms with Crippen LogP contribution in [0.5, 0.6) is 0 Å². The molecule has 0 fully saturated rings. The van der Waals surface area contributed by atoms with Crippen LogP contribution in [0.25, 0.3) is 0 Å². The van der Waals surface area contributed by atoms with Gasteiger partial charge in [-0.25, -0.2) is 4.79 Å². The van der Waals surface area contributed by atoms with Crippen LogP contribution in [-0.2, 0) is 0 Å². The van der Waals surface area contributed by atoms with E-state index in [1.807, 2.05) is 0 Å². The van der Waals surface area contributed by atoms with Crippen LogP contribution in [0.15, 0.2) is 16.9 Å². The van der Waals surface area contributed by atoms with Gasteiger partial charge in [0.1, 0.15) is 6.26 Å². The van der Waals surface area contributed by atoms with Gasteiger partial charge in [0.2, 0.25) is 0 Å². The molecule has 1 aromatic heterocycles. The summed E-state index contributed by atoms with van der Waals surface area (Å²) in [7, 11) is 0. The van der Waals surface area contributed by atoms with Crippen LogP contribution < -0.4 is 10.6 Å². The summed E-state index contributed by atoms with van der Waals surface area (Å²) in [5, 5.41) is 17.0. The first-order valence-electron chi connectivity index (χ1n) is 3.81. The molecule has 0 spiro atoms. The average molecular weight is 185 g/mol. The molecule has 6 heteroatoms. The van der Waals surface area contributed by atoms with Gasteiger partial charge in [0, 0.05) is 6.07 Å². The highest BCUT2D eigenvalue weighted by atomic mass is 16.5. The van der Waals surface area contributed by atoms with Gasteiger partial charge in [0.15, 0.2) is 5.82 Å². The monoisotopic (exact) mass is 185 g/mol. The standard InChI is InChI=1S/C7H11N3O3/c1-5(4-11)8-7(12)9-6-2-3-13-10-6/h2-3,5,11H,4H2,1H3,(H2,8,9,10,12)/t5-/m0/s1. The molecular weight excluding hydrogens is 174 g/mol. The van der Waals surface area contributed by atoms with Crippen molar-refractivity contribution in [3.63, 3.8) is 0 Å². The van der Waals surface area contributed by atoms with Crippen molar-refractivity contribution >= 4 is 11.8 Å². The number of aliphatic hydroxyl groups is 1. The highest BCUT2D eigenvalue weighted by Gasteiger charge is 2.06. The van der Waals surface area contributed by atoms with E-state index in [2.05, 4.69) is 20.3 Å². The number of nitrogens with zero attached hydrogens (tertiary/aromatic N) is 1. The van der Waals surface area contributed by atoms with Crippen LogP contribution in [0, 0.1) is 0 Å². The van der Waals surface area contributed by atoms with Crippen molar-refractivity contribution in [3.05, 3.63) is 12.3 Å². The predicted molar refractivity (Wildman–Crippen MR) is 45.2 cm³/mol. The van der Waals surface area contributed by atoms with E-state index < -0.39 is 6.03 Å². The molecule has 0 radical (unpaired) electrons. The van der Waals surface area contributed by atoms with Crippen LogP contribution in [0.1, 0.15) is 6.92 Å². The van der Waals surface area contributed by atoms with Crippen LogP contribution >= 0.6 is 0 Å². The lowest BCUT2D eigenvalue weighted by atomic mass is 10.4. The molecule has 0 aliphatic carbocycles. The number of hydrogen-bond donors (Lipinski definition) is 3. The Labute approximate surface area is 74.9 Å². The lowest BCUT2D eigenvalue weighted by Crippen LogP contribution is -2.38. The van der Waals surface area contributed by atoms with Crippen molar-refractivity contribution in [2.75, 3.05) is 11.9 Å². The van der Waals surface area contributed by atoms with Gasteiger partial charge in [-0.05, 0) is 6.92 Å². The van der Waals surface area contributed by atoms with Gasteiger partial charge >= 0.3 is 6.03 Å². The summed E-state index contributed by atoms with van der Waals surface area (Å²) in [6, 6.07) is 0.811. The number of aliphatic hydroxyl groups excluding tert-OH is 1. The Bertz CT molecular complexity index is 260. The van der Waals surface area contributed by atoms with Crippen molar-refractivity contribution < 1.29 is 14.4 Å². The normalized spacial score (nSPS) is 12.2. The molecule has 2 amide bonds. The summed E-state index contributed by atoms with van der Waals surface area (Å²) in [6.07, 6.45) is 1.35. The molecular formula is C7H11N3O3. The Hall–Kier alpha value is -1.56. The van der Waals surface area contributed by atoms with Crippen molar-refractivity contribution in [2.24, 2.45) is 0 Å². The van der Waals surface area contributed by atoms with Gasteiger partial charge in [0.25, 0.3) is 0 Å². The Morgan fingerprint density at radius 1 is 1.85 bits per heavy atom. The van der Waals surface area contributed by atoms with Gasteiger partial charge in [-0.3, -0.25) is 5.32 Å². The summed E-state index contributed by atoms with van der Waals surface area (Å²) in [4.78, 5) is 11.1. The van der Waals surface area contributed by atoms with E-state index in [0.29, 0.717) is 5.82 Å². The lowest BCUT2D eigenvalue weighted by Gasteiger charge is -2.09. The molecule has 1 aromatic rings. The molecule has 0 bridgehead atoms. The molecule has 0 aromatic carbocycles. The second-order valence-corrected chi connectivity index (χ2v) is 2.57. The van der Waals surface area contributed by atoms with Crippen LogP contribution in [-0.4, -0.2) is 28.9 Å².